The van der Waals surface area contributed by atoms with Crippen LogP contribution in [0.15, 0.2) is 0 Å². The summed E-state index contributed by atoms with van der Waals surface area (Å²) in [5.41, 5.74) is -0.962. The molecule has 0 unspecified atom stereocenters. The first kappa shape index (κ1) is 16.0. The number of likely N-dealkylation sites (N-methyl/N-ethyl adjacent to an activating group) is 1. The highest BCUT2D eigenvalue weighted by Gasteiger charge is 2.69. The highest BCUT2D eigenvalue weighted by Crippen LogP contribution is 2.64. The molecule has 0 bridgehead atoms. The van der Waals surface area contributed by atoms with E-state index in [2.05, 4.69) is 5.32 Å². The maximum Gasteiger partial charge on any atom is 0.315 e. The zero-order chi connectivity index (χ0) is 14.8. The molecule has 108 valence electrons. The largest absolute Gasteiger partial charge is 0.455 e. The van der Waals surface area contributed by atoms with E-state index < -0.39 is 28.2 Å². The molecular weight excluding hydrogens is 295 g/mol. The number of nitrogens with zero attached hydrogens (tertiary/aromatic N) is 1. The second-order valence-electron chi connectivity index (χ2n) is 4.85. The van der Waals surface area contributed by atoms with Gasteiger partial charge >= 0.3 is 5.97 Å². The van der Waals surface area contributed by atoms with E-state index in [1.807, 2.05) is 0 Å². The van der Waals surface area contributed by atoms with Crippen LogP contribution in [0.5, 0.6) is 0 Å². The average molecular weight is 311 g/mol. The maximum absolute atomic E-state index is 11.6. The van der Waals surface area contributed by atoms with Crippen LogP contribution in [0.4, 0.5) is 0 Å². The van der Waals surface area contributed by atoms with Crippen molar-refractivity contribution in [3.8, 4) is 0 Å². The van der Waals surface area contributed by atoms with Crippen LogP contribution in [-0.4, -0.2) is 54.3 Å². The van der Waals surface area contributed by atoms with Gasteiger partial charge in [-0.1, -0.05) is 0 Å². The molecule has 1 N–H and O–H groups in total. The fourth-order valence-electron chi connectivity index (χ4n) is 1.30. The number of amides is 2. The number of hydrogen-bond acceptors (Lipinski definition) is 4. The second-order valence-corrected chi connectivity index (χ2v) is 6.34. The summed E-state index contributed by atoms with van der Waals surface area (Å²) in [5, 5.41) is 2.34. The number of hydrogen-bond donors (Lipinski definition) is 1. The van der Waals surface area contributed by atoms with Crippen LogP contribution in [-0.2, 0) is 19.1 Å². The molecule has 1 atom stereocenters. The van der Waals surface area contributed by atoms with Crippen molar-refractivity contribution in [2.24, 2.45) is 5.41 Å². The Morgan fingerprint density at radius 2 is 1.84 bits per heavy atom. The summed E-state index contributed by atoms with van der Waals surface area (Å²) in [7, 11) is 3.14. The minimum atomic E-state index is -1.12. The summed E-state index contributed by atoms with van der Waals surface area (Å²) in [6, 6.07) is 0. The molecule has 0 aliphatic heterocycles. The van der Waals surface area contributed by atoms with E-state index in [0.717, 1.165) is 0 Å². The van der Waals surface area contributed by atoms with Crippen LogP contribution < -0.4 is 5.32 Å². The molecule has 1 aliphatic rings. The molecule has 1 rings (SSSR count). The maximum atomic E-state index is 11.6. The zero-order valence-corrected chi connectivity index (χ0v) is 12.5. The third-order valence-electron chi connectivity index (χ3n) is 2.98. The summed E-state index contributed by atoms with van der Waals surface area (Å²) in [5.74, 6) is -1.43. The number of esters is 1. The molecule has 6 nitrogen and oxygen atoms in total. The quantitative estimate of drug-likeness (QED) is 0.586. The van der Waals surface area contributed by atoms with Crippen molar-refractivity contribution in [3.05, 3.63) is 0 Å². The molecule has 0 saturated heterocycles. The fraction of sp³-hybridized carbons (Fsp3) is 0.727. The molecule has 0 heterocycles. The van der Waals surface area contributed by atoms with Crippen LogP contribution in [0.2, 0.25) is 0 Å². The van der Waals surface area contributed by atoms with E-state index in [-0.39, 0.29) is 12.5 Å². The van der Waals surface area contributed by atoms with Crippen molar-refractivity contribution < 1.29 is 19.1 Å². The molecule has 0 radical (unpaired) electrons. The third kappa shape index (κ3) is 3.73. The summed E-state index contributed by atoms with van der Waals surface area (Å²) in [6.45, 7) is 0.970. The standard InChI is InChI=1S/C11H16Cl2N2O4/c1-10(6-11(10,12)13)9(18)19-5-7(16)14-4-8(17)15(2)3/h4-6H2,1-3H3,(H,14,16)/t10-/m0/s1. The van der Waals surface area contributed by atoms with Gasteiger partial charge in [0.05, 0.1) is 6.54 Å². The Hall–Kier alpha value is -1.01. The van der Waals surface area contributed by atoms with Crippen molar-refractivity contribution in [2.45, 2.75) is 17.7 Å². The Balaban J connectivity index is 2.28. The van der Waals surface area contributed by atoms with Gasteiger partial charge in [0, 0.05) is 20.5 Å². The summed E-state index contributed by atoms with van der Waals surface area (Å²) >= 11 is 11.6. The van der Waals surface area contributed by atoms with E-state index in [1.165, 1.54) is 4.90 Å². The van der Waals surface area contributed by atoms with Crippen LogP contribution in [0.1, 0.15) is 13.3 Å². The van der Waals surface area contributed by atoms with Crippen molar-refractivity contribution in [1.82, 2.24) is 10.2 Å². The van der Waals surface area contributed by atoms with E-state index >= 15 is 0 Å². The molecule has 0 aromatic heterocycles. The zero-order valence-electron chi connectivity index (χ0n) is 11.0. The van der Waals surface area contributed by atoms with Gasteiger partial charge in [-0.2, -0.15) is 0 Å². The van der Waals surface area contributed by atoms with Gasteiger partial charge in [-0.3, -0.25) is 14.4 Å². The Morgan fingerprint density at radius 3 is 2.26 bits per heavy atom. The molecule has 8 heteroatoms. The lowest BCUT2D eigenvalue weighted by Gasteiger charge is -2.13. The molecule has 1 aliphatic carbocycles. The SMILES string of the molecule is CN(C)C(=O)CNC(=O)COC(=O)[C@]1(C)CC1(Cl)Cl. The smallest absolute Gasteiger partial charge is 0.315 e. The van der Waals surface area contributed by atoms with E-state index in [4.69, 9.17) is 27.9 Å². The topological polar surface area (TPSA) is 75.7 Å². The molecule has 0 aromatic rings. The van der Waals surface area contributed by atoms with Crippen molar-refractivity contribution in [1.29, 1.82) is 0 Å². The molecular formula is C11H16Cl2N2O4. The van der Waals surface area contributed by atoms with Crippen LogP contribution in [0.3, 0.4) is 0 Å². The third-order valence-corrected chi connectivity index (χ3v) is 4.08. The van der Waals surface area contributed by atoms with Crippen molar-refractivity contribution in [3.63, 3.8) is 0 Å². The first-order valence-electron chi connectivity index (χ1n) is 5.62. The average Bonchev–Trinajstić information content (AvgIpc) is 2.83. The summed E-state index contributed by atoms with van der Waals surface area (Å²) in [6.07, 6.45) is 0.294. The first-order chi connectivity index (χ1) is 8.60. The summed E-state index contributed by atoms with van der Waals surface area (Å²) in [4.78, 5) is 35.6. The Labute approximate surface area is 121 Å². The van der Waals surface area contributed by atoms with Gasteiger partial charge in [-0.05, 0) is 6.92 Å². The first-order valence-corrected chi connectivity index (χ1v) is 6.37. The fourth-order valence-corrected chi connectivity index (χ4v) is 1.98. The number of alkyl halides is 2. The van der Waals surface area contributed by atoms with Gasteiger partial charge in [-0.15, -0.1) is 23.2 Å². The minimum Gasteiger partial charge on any atom is -0.455 e. The predicted octanol–water partition coefficient (Wildman–Crippen LogP) is 0.318. The lowest BCUT2D eigenvalue weighted by Crippen LogP contribution is -2.38. The normalized spacial score (nSPS) is 23.4. The van der Waals surface area contributed by atoms with Gasteiger partial charge in [0.1, 0.15) is 9.75 Å². The minimum absolute atomic E-state index is 0.143. The lowest BCUT2D eigenvalue weighted by molar-refractivity contribution is -0.153. The number of rotatable bonds is 5. The lowest BCUT2D eigenvalue weighted by atomic mass is 10.1. The van der Waals surface area contributed by atoms with Gasteiger partial charge in [-0.25, -0.2) is 0 Å². The van der Waals surface area contributed by atoms with Gasteiger partial charge in [0.2, 0.25) is 5.91 Å². The monoisotopic (exact) mass is 310 g/mol. The van der Waals surface area contributed by atoms with E-state index in [1.54, 1.807) is 21.0 Å². The van der Waals surface area contributed by atoms with Gasteiger partial charge in [0.15, 0.2) is 6.61 Å². The number of ether oxygens (including phenoxy) is 1. The number of nitrogens with one attached hydrogen (secondary N) is 1. The van der Waals surface area contributed by atoms with E-state index in [9.17, 15) is 14.4 Å². The number of carbonyl (C=O) groups excluding carboxylic acids is 3. The van der Waals surface area contributed by atoms with Crippen molar-refractivity contribution in [2.75, 3.05) is 27.2 Å². The number of carbonyl (C=O) groups is 3. The molecule has 19 heavy (non-hydrogen) atoms. The highest BCUT2D eigenvalue weighted by molar-refractivity contribution is 6.53. The molecule has 0 aromatic carbocycles. The highest BCUT2D eigenvalue weighted by atomic mass is 35.5. The molecule has 0 spiro atoms. The van der Waals surface area contributed by atoms with Gasteiger partial charge in [0.25, 0.3) is 5.91 Å². The molecule has 2 amide bonds. The number of halogens is 2. The van der Waals surface area contributed by atoms with Gasteiger partial charge < -0.3 is 15.0 Å². The second kappa shape index (κ2) is 5.54. The Kier molecular flexibility index (Phi) is 4.68. The van der Waals surface area contributed by atoms with Crippen LogP contribution in [0.25, 0.3) is 0 Å². The van der Waals surface area contributed by atoms with E-state index in [0.29, 0.717) is 6.42 Å². The Morgan fingerprint density at radius 1 is 1.32 bits per heavy atom. The van der Waals surface area contributed by atoms with Crippen LogP contribution in [0, 0.1) is 5.41 Å². The molecule has 1 fully saturated rings. The Bertz CT molecular complexity index is 411. The molecule has 1 saturated carbocycles. The summed E-state index contributed by atoms with van der Waals surface area (Å²) < 4.78 is 3.69. The van der Waals surface area contributed by atoms with Crippen LogP contribution >= 0.6 is 23.2 Å². The van der Waals surface area contributed by atoms with Crippen molar-refractivity contribution >= 4 is 41.0 Å². The predicted molar refractivity (Wildman–Crippen MR) is 69.8 cm³/mol.